The van der Waals surface area contributed by atoms with Crippen molar-refractivity contribution in [3.63, 3.8) is 0 Å². The number of nitrogens with two attached hydrogens (primary N) is 1. The topological polar surface area (TPSA) is 114 Å². The molecule has 0 amide bonds. The molecule has 0 aliphatic carbocycles. The summed E-state index contributed by atoms with van der Waals surface area (Å²) in [5.41, 5.74) is 8.00. The minimum Gasteiger partial charge on any atom is -0.493 e. The molecule has 9 heteroatoms. The number of carbonyl (C=O) groups is 1. The number of hydrogen-bond donors (Lipinski definition) is 1. The van der Waals surface area contributed by atoms with Crippen LogP contribution in [0, 0.1) is 0 Å². The van der Waals surface area contributed by atoms with E-state index in [1.165, 1.54) is 6.33 Å². The number of esters is 1. The molecule has 0 aliphatic heterocycles. The van der Waals surface area contributed by atoms with Crippen LogP contribution in [0.2, 0.25) is 0 Å². The Labute approximate surface area is 162 Å². The molecular formula is C19H23N5O4. The van der Waals surface area contributed by atoms with Crippen molar-refractivity contribution in [2.45, 2.75) is 25.8 Å². The molecule has 0 saturated carbocycles. The minimum absolute atomic E-state index is 0.239. The number of imidazole rings is 1. The third-order valence-corrected chi connectivity index (χ3v) is 4.30. The lowest BCUT2D eigenvalue weighted by Crippen LogP contribution is -2.09. The van der Waals surface area contributed by atoms with Crippen LogP contribution in [0.5, 0.6) is 11.5 Å². The summed E-state index contributed by atoms with van der Waals surface area (Å²) < 4.78 is 17.7. The molecule has 0 bridgehead atoms. The van der Waals surface area contributed by atoms with Crippen molar-refractivity contribution in [2.24, 2.45) is 0 Å². The third-order valence-electron chi connectivity index (χ3n) is 4.30. The van der Waals surface area contributed by atoms with E-state index in [1.807, 2.05) is 22.8 Å². The number of carbonyl (C=O) groups excluding carboxylic acids is 1. The lowest BCUT2D eigenvalue weighted by atomic mass is 10.1. The molecule has 0 aliphatic rings. The summed E-state index contributed by atoms with van der Waals surface area (Å²) in [5.74, 6) is 1.42. The number of nitrogens with zero attached hydrogens (tertiary/aromatic N) is 4. The van der Waals surface area contributed by atoms with E-state index >= 15 is 0 Å². The highest BCUT2D eigenvalue weighted by molar-refractivity contribution is 5.81. The third kappa shape index (κ3) is 4.48. The number of rotatable bonds is 9. The number of nitrogen functional groups attached to an aromatic ring is 1. The molecule has 3 aromatic rings. The van der Waals surface area contributed by atoms with Gasteiger partial charge in [-0.05, 0) is 30.5 Å². The number of methoxy groups -OCH3 is 2. The number of anilines is 1. The van der Waals surface area contributed by atoms with Crippen LogP contribution in [0.25, 0.3) is 11.2 Å². The molecule has 2 aromatic heterocycles. The average molecular weight is 385 g/mol. The minimum atomic E-state index is -0.239. The second kappa shape index (κ2) is 9.03. The Hall–Kier alpha value is -3.36. The summed E-state index contributed by atoms with van der Waals surface area (Å²) in [7, 11) is 3.17. The van der Waals surface area contributed by atoms with Crippen LogP contribution in [-0.2, 0) is 22.5 Å². The van der Waals surface area contributed by atoms with Gasteiger partial charge in [0, 0.05) is 13.0 Å². The van der Waals surface area contributed by atoms with Gasteiger partial charge in [0.05, 0.1) is 27.2 Å². The largest absolute Gasteiger partial charge is 0.493 e. The Morgan fingerprint density at radius 3 is 2.75 bits per heavy atom. The summed E-state index contributed by atoms with van der Waals surface area (Å²) in [6.45, 7) is 0.945. The molecule has 9 nitrogen and oxygen atoms in total. The summed E-state index contributed by atoms with van der Waals surface area (Å²) in [6.07, 6.45) is 4.59. The second-order valence-electron chi connectivity index (χ2n) is 6.13. The molecule has 3 rings (SSSR count). The molecule has 0 atom stereocenters. The number of hydrogen-bond acceptors (Lipinski definition) is 8. The Balaban J connectivity index is 1.43. The first-order chi connectivity index (χ1) is 13.6. The van der Waals surface area contributed by atoms with E-state index in [0.29, 0.717) is 60.9 Å². The summed E-state index contributed by atoms with van der Waals surface area (Å²) in [6, 6.07) is 5.60. The van der Waals surface area contributed by atoms with Crippen LogP contribution in [0.4, 0.5) is 5.82 Å². The zero-order valence-corrected chi connectivity index (χ0v) is 15.9. The molecular weight excluding hydrogens is 362 g/mol. The van der Waals surface area contributed by atoms with Gasteiger partial charge in [0.25, 0.3) is 0 Å². The van der Waals surface area contributed by atoms with Gasteiger partial charge in [-0.3, -0.25) is 4.79 Å². The van der Waals surface area contributed by atoms with Gasteiger partial charge in [0.1, 0.15) is 11.8 Å². The van der Waals surface area contributed by atoms with Crippen molar-refractivity contribution in [3.8, 4) is 11.5 Å². The molecule has 0 radical (unpaired) electrons. The van der Waals surface area contributed by atoms with Gasteiger partial charge in [-0.1, -0.05) is 6.07 Å². The van der Waals surface area contributed by atoms with Gasteiger partial charge in [-0.15, -0.1) is 0 Å². The predicted molar refractivity (Wildman–Crippen MR) is 103 cm³/mol. The van der Waals surface area contributed by atoms with Gasteiger partial charge in [-0.25, -0.2) is 15.0 Å². The highest BCUT2D eigenvalue weighted by atomic mass is 16.5. The summed E-state index contributed by atoms with van der Waals surface area (Å²) in [5, 5.41) is 0. The van der Waals surface area contributed by atoms with Crippen LogP contribution in [0.15, 0.2) is 30.9 Å². The summed E-state index contributed by atoms with van der Waals surface area (Å²) in [4.78, 5) is 24.3. The molecule has 0 unspecified atom stereocenters. The van der Waals surface area contributed by atoms with E-state index in [0.717, 1.165) is 5.56 Å². The Morgan fingerprint density at radius 1 is 1.14 bits per heavy atom. The monoisotopic (exact) mass is 385 g/mol. The van der Waals surface area contributed by atoms with Crippen LogP contribution in [0.1, 0.15) is 18.4 Å². The standard InChI is InChI=1S/C19H23N5O4/c1-26-14-6-4-13(10-15(14)27-2)5-7-16(25)28-9-3-8-24-12-23-17-18(20)21-11-22-19(17)24/h4,6,10-12H,3,5,7-9H2,1-2H3,(H2,20,21,22). The fourth-order valence-electron chi connectivity index (χ4n) is 2.84. The van der Waals surface area contributed by atoms with Crippen molar-refractivity contribution >= 4 is 23.0 Å². The SMILES string of the molecule is COc1ccc(CCC(=O)OCCCn2cnc3c(N)ncnc32)cc1OC. The van der Waals surface area contributed by atoms with Gasteiger partial charge >= 0.3 is 5.97 Å². The summed E-state index contributed by atoms with van der Waals surface area (Å²) >= 11 is 0. The van der Waals surface area contributed by atoms with Crippen molar-refractivity contribution in [2.75, 3.05) is 26.6 Å². The van der Waals surface area contributed by atoms with Gasteiger partial charge in [0.2, 0.25) is 0 Å². The molecule has 2 N–H and O–H groups in total. The first-order valence-corrected chi connectivity index (χ1v) is 8.90. The molecule has 0 fully saturated rings. The van der Waals surface area contributed by atoms with Crippen molar-refractivity contribution in [1.82, 2.24) is 19.5 Å². The number of fused-ring (bicyclic) bond motifs is 1. The lowest BCUT2D eigenvalue weighted by molar-refractivity contribution is -0.143. The number of benzene rings is 1. The molecule has 2 heterocycles. The fraction of sp³-hybridized carbons (Fsp3) is 0.368. The van der Waals surface area contributed by atoms with Crippen LogP contribution >= 0.6 is 0 Å². The highest BCUT2D eigenvalue weighted by Crippen LogP contribution is 2.28. The van der Waals surface area contributed by atoms with E-state index in [1.54, 1.807) is 20.5 Å². The van der Waals surface area contributed by atoms with Gasteiger partial charge in [0.15, 0.2) is 23.0 Å². The maximum absolute atomic E-state index is 12.0. The van der Waals surface area contributed by atoms with E-state index in [2.05, 4.69) is 15.0 Å². The quantitative estimate of drug-likeness (QED) is 0.439. The molecule has 0 spiro atoms. The van der Waals surface area contributed by atoms with Crippen LogP contribution in [0.3, 0.4) is 0 Å². The van der Waals surface area contributed by atoms with Crippen molar-refractivity contribution in [3.05, 3.63) is 36.4 Å². The van der Waals surface area contributed by atoms with Crippen LogP contribution in [-0.4, -0.2) is 46.3 Å². The number of aryl methyl sites for hydroxylation is 2. The Morgan fingerprint density at radius 2 is 1.96 bits per heavy atom. The first kappa shape index (κ1) is 19.4. The molecule has 148 valence electrons. The zero-order valence-electron chi connectivity index (χ0n) is 15.9. The van der Waals surface area contributed by atoms with Crippen molar-refractivity contribution in [1.29, 1.82) is 0 Å². The smallest absolute Gasteiger partial charge is 0.306 e. The van der Waals surface area contributed by atoms with Gasteiger partial charge in [-0.2, -0.15) is 0 Å². The number of ether oxygens (including phenoxy) is 3. The highest BCUT2D eigenvalue weighted by Gasteiger charge is 2.09. The van der Waals surface area contributed by atoms with E-state index in [4.69, 9.17) is 19.9 Å². The average Bonchev–Trinajstić information content (AvgIpc) is 3.13. The molecule has 0 saturated heterocycles. The predicted octanol–water partition coefficient (Wildman–Crippen LogP) is 1.99. The number of aromatic nitrogens is 4. The Kier molecular flexibility index (Phi) is 6.25. The van der Waals surface area contributed by atoms with E-state index < -0.39 is 0 Å². The maximum Gasteiger partial charge on any atom is 0.306 e. The fourth-order valence-corrected chi connectivity index (χ4v) is 2.84. The molecule has 1 aromatic carbocycles. The Bertz CT molecular complexity index is 957. The van der Waals surface area contributed by atoms with E-state index in [9.17, 15) is 4.79 Å². The maximum atomic E-state index is 12.0. The van der Waals surface area contributed by atoms with Gasteiger partial charge < -0.3 is 24.5 Å². The lowest BCUT2D eigenvalue weighted by Gasteiger charge is -2.09. The van der Waals surface area contributed by atoms with E-state index in [-0.39, 0.29) is 5.97 Å². The molecule has 28 heavy (non-hydrogen) atoms. The second-order valence-corrected chi connectivity index (χ2v) is 6.13. The first-order valence-electron chi connectivity index (χ1n) is 8.90. The normalized spacial score (nSPS) is 10.8. The van der Waals surface area contributed by atoms with Crippen molar-refractivity contribution < 1.29 is 19.0 Å². The zero-order chi connectivity index (χ0) is 19.9. The van der Waals surface area contributed by atoms with Crippen LogP contribution < -0.4 is 15.2 Å².